The number of quaternary nitrogens is 1. The Morgan fingerprint density at radius 2 is 1.59 bits per heavy atom. The number of hydrogen-bond donors (Lipinski definition) is 4. The molecule has 1 heterocycles. The summed E-state index contributed by atoms with van der Waals surface area (Å²) < 4.78 is -0.0603. The highest BCUT2D eigenvalue weighted by Crippen LogP contribution is 2.48. The monoisotopic (exact) mass is 318 g/mol. The molecule has 0 amide bonds. The first-order valence-electron chi connectivity index (χ1n) is 7.53. The highest BCUT2D eigenvalue weighted by molar-refractivity contribution is 5.79. The first kappa shape index (κ1) is 18.9. The Balaban J connectivity index is 3.54. The number of aliphatic hydroxyl groups excluding tert-OH is 2. The molecule has 1 saturated heterocycles. The summed E-state index contributed by atoms with van der Waals surface area (Å²) in [6.07, 6.45) is -0.369. The Hall–Kier alpha value is -1.18. The van der Waals surface area contributed by atoms with E-state index in [4.69, 9.17) is 5.11 Å². The predicted molar refractivity (Wildman–Crippen MR) is 79.3 cm³/mol. The maximum Gasteiger partial charge on any atom is 0.363 e. The summed E-state index contributed by atoms with van der Waals surface area (Å²) in [5, 5.41) is 38.5. The molecule has 0 bridgehead atoms. The van der Waals surface area contributed by atoms with Gasteiger partial charge >= 0.3 is 11.9 Å². The average molecular weight is 318 g/mol. The van der Waals surface area contributed by atoms with Crippen molar-refractivity contribution < 1.29 is 34.5 Å². The number of hydrogen-bond acceptors (Lipinski definition) is 4. The van der Waals surface area contributed by atoms with E-state index in [2.05, 4.69) is 0 Å². The van der Waals surface area contributed by atoms with E-state index >= 15 is 0 Å². The molecule has 0 aromatic heterocycles. The fourth-order valence-corrected chi connectivity index (χ4v) is 4.73. The Bertz CT molecular complexity index is 427. The van der Waals surface area contributed by atoms with Gasteiger partial charge in [-0.05, 0) is 27.7 Å². The highest BCUT2D eigenvalue weighted by Gasteiger charge is 2.63. The standard InChI is InChI=1S/C15H27NO6/c1-14(2)8-10(18)9-15(3,4)16(14,5-6-17)11(13(21)22)7-12(19)20/h10-11,17-18H,5-9H2,1-4H3,(H-,19,20,21,22)/p+1. The third-order valence-electron chi connectivity index (χ3n) is 5.27. The lowest BCUT2D eigenvalue weighted by atomic mass is 9.72. The van der Waals surface area contributed by atoms with Gasteiger partial charge < -0.3 is 24.9 Å². The summed E-state index contributed by atoms with van der Waals surface area (Å²) in [6.45, 7) is 7.24. The van der Waals surface area contributed by atoms with Crippen LogP contribution in [0, 0.1) is 0 Å². The Kier molecular flexibility index (Phi) is 5.26. The molecule has 1 rings (SSSR count). The van der Waals surface area contributed by atoms with Crippen LogP contribution in [0.25, 0.3) is 0 Å². The van der Waals surface area contributed by atoms with Gasteiger partial charge in [-0.3, -0.25) is 4.79 Å². The van der Waals surface area contributed by atoms with Crippen LogP contribution < -0.4 is 0 Å². The minimum Gasteiger partial charge on any atom is -0.481 e. The fourth-order valence-electron chi connectivity index (χ4n) is 4.73. The van der Waals surface area contributed by atoms with Crippen molar-refractivity contribution in [2.24, 2.45) is 0 Å². The third kappa shape index (κ3) is 2.98. The van der Waals surface area contributed by atoms with Crippen LogP contribution in [0.4, 0.5) is 0 Å². The molecule has 22 heavy (non-hydrogen) atoms. The van der Waals surface area contributed by atoms with Gasteiger partial charge in [0.25, 0.3) is 0 Å². The van der Waals surface area contributed by atoms with Crippen LogP contribution in [0.3, 0.4) is 0 Å². The smallest absolute Gasteiger partial charge is 0.363 e. The van der Waals surface area contributed by atoms with Crippen molar-refractivity contribution in [3.05, 3.63) is 0 Å². The SMILES string of the molecule is CC1(C)CC(O)CC(C)(C)[N+]1(CCO)C(CC(=O)O)C(=O)O. The van der Waals surface area contributed by atoms with Crippen LogP contribution in [0.15, 0.2) is 0 Å². The fraction of sp³-hybridized carbons (Fsp3) is 0.867. The molecule has 0 saturated carbocycles. The van der Waals surface area contributed by atoms with Gasteiger partial charge in [-0.25, -0.2) is 4.79 Å². The van der Waals surface area contributed by atoms with Crippen molar-refractivity contribution in [3.8, 4) is 0 Å². The molecule has 1 aliphatic heterocycles. The van der Waals surface area contributed by atoms with E-state index in [0.29, 0.717) is 12.8 Å². The number of piperidine rings is 1. The van der Waals surface area contributed by atoms with Gasteiger partial charge in [0.1, 0.15) is 13.0 Å². The van der Waals surface area contributed by atoms with Crippen LogP contribution in [0.2, 0.25) is 0 Å². The quantitative estimate of drug-likeness (QED) is 0.528. The van der Waals surface area contributed by atoms with Crippen LogP contribution in [-0.2, 0) is 9.59 Å². The minimum atomic E-state index is -1.19. The van der Waals surface area contributed by atoms with Crippen molar-refractivity contribution in [1.29, 1.82) is 0 Å². The second-order valence-electron chi connectivity index (χ2n) is 7.45. The summed E-state index contributed by atoms with van der Waals surface area (Å²) in [6, 6.07) is -1.18. The average Bonchev–Trinajstić information content (AvgIpc) is 2.29. The summed E-state index contributed by atoms with van der Waals surface area (Å²) in [7, 11) is 0. The van der Waals surface area contributed by atoms with Crippen LogP contribution in [0.5, 0.6) is 0 Å². The second kappa shape index (κ2) is 6.14. The normalized spacial score (nSPS) is 31.5. The highest BCUT2D eigenvalue weighted by atomic mass is 16.4. The molecule has 0 aliphatic carbocycles. The van der Waals surface area contributed by atoms with Crippen molar-refractivity contribution in [1.82, 2.24) is 0 Å². The van der Waals surface area contributed by atoms with E-state index in [1.807, 2.05) is 27.7 Å². The van der Waals surface area contributed by atoms with Crippen molar-refractivity contribution in [2.75, 3.05) is 13.2 Å². The van der Waals surface area contributed by atoms with Gasteiger partial charge in [0.15, 0.2) is 6.04 Å². The minimum absolute atomic E-state index is 0.0603. The molecular weight excluding hydrogens is 290 g/mol. The number of carboxylic acid groups (broad SMARTS) is 2. The zero-order valence-corrected chi connectivity index (χ0v) is 13.7. The van der Waals surface area contributed by atoms with Crippen molar-refractivity contribution in [2.45, 2.75) is 70.2 Å². The van der Waals surface area contributed by atoms with Gasteiger partial charge in [-0.15, -0.1) is 0 Å². The number of rotatable bonds is 6. The molecule has 7 nitrogen and oxygen atoms in total. The lowest BCUT2D eigenvalue weighted by molar-refractivity contribution is -1.03. The van der Waals surface area contributed by atoms with E-state index < -0.39 is 41.6 Å². The van der Waals surface area contributed by atoms with Crippen LogP contribution in [0.1, 0.15) is 47.0 Å². The first-order chi connectivity index (χ1) is 9.91. The number of carboxylic acids is 2. The number of carbonyl (C=O) groups is 2. The zero-order chi connectivity index (χ0) is 17.3. The Labute approximate surface area is 130 Å². The summed E-state index contributed by atoms with van der Waals surface area (Å²) >= 11 is 0. The van der Waals surface area contributed by atoms with E-state index in [1.165, 1.54) is 0 Å². The molecule has 1 aliphatic rings. The maximum absolute atomic E-state index is 11.8. The second-order valence-corrected chi connectivity index (χ2v) is 7.45. The molecule has 0 radical (unpaired) electrons. The predicted octanol–water partition coefficient (Wildman–Crippen LogP) is 0.435. The van der Waals surface area contributed by atoms with Crippen LogP contribution in [-0.4, -0.2) is 73.2 Å². The topological polar surface area (TPSA) is 115 Å². The first-order valence-corrected chi connectivity index (χ1v) is 7.53. The third-order valence-corrected chi connectivity index (χ3v) is 5.27. The summed E-state index contributed by atoms with van der Waals surface area (Å²) in [5.41, 5.74) is -1.36. The lowest BCUT2D eigenvalue weighted by Crippen LogP contribution is -2.80. The molecule has 0 spiro atoms. The maximum atomic E-state index is 11.8. The molecule has 1 unspecified atom stereocenters. The molecule has 1 fully saturated rings. The van der Waals surface area contributed by atoms with Gasteiger partial charge in [0, 0.05) is 12.8 Å². The van der Waals surface area contributed by atoms with Crippen molar-refractivity contribution >= 4 is 11.9 Å². The largest absolute Gasteiger partial charge is 0.481 e. The molecule has 1 atom stereocenters. The van der Waals surface area contributed by atoms with Crippen LogP contribution >= 0.6 is 0 Å². The molecule has 0 aromatic rings. The lowest BCUT2D eigenvalue weighted by Gasteiger charge is -2.64. The van der Waals surface area contributed by atoms with E-state index in [0.717, 1.165) is 0 Å². The van der Waals surface area contributed by atoms with Crippen molar-refractivity contribution in [3.63, 3.8) is 0 Å². The Morgan fingerprint density at radius 3 is 1.91 bits per heavy atom. The van der Waals surface area contributed by atoms with Gasteiger partial charge in [0.2, 0.25) is 0 Å². The zero-order valence-electron chi connectivity index (χ0n) is 13.7. The molecule has 128 valence electrons. The van der Waals surface area contributed by atoms with E-state index in [-0.39, 0.29) is 17.6 Å². The van der Waals surface area contributed by atoms with E-state index in [1.54, 1.807) is 0 Å². The number of aliphatic hydroxyl groups is 2. The number of likely N-dealkylation sites (tertiary alicyclic amines) is 1. The Morgan fingerprint density at radius 1 is 1.14 bits per heavy atom. The van der Waals surface area contributed by atoms with Gasteiger partial charge in [-0.2, -0.15) is 0 Å². The molecule has 0 aromatic carbocycles. The number of nitrogens with zero attached hydrogens (tertiary/aromatic N) is 1. The molecule has 4 N–H and O–H groups in total. The molecular formula is C15H28NO6+. The summed E-state index contributed by atoms with van der Waals surface area (Å²) in [4.78, 5) is 23.1. The molecule has 7 heteroatoms. The summed E-state index contributed by atoms with van der Waals surface area (Å²) in [5.74, 6) is -2.37. The van der Waals surface area contributed by atoms with Gasteiger partial charge in [-0.1, -0.05) is 0 Å². The number of aliphatic carboxylic acids is 2. The van der Waals surface area contributed by atoms with Gasteiger partial charge in [0.05, 0.1) is 23.8 Å². The van der Waals surface area contributed by atoms with E-state index in [9.17, 15) is 24.9 Å².